The molecule has 0 saturated carbocycles. The SMILES string of the molecule is C=C(CC(=O)C(C)CCCC1(C)OCC(=CCO)CC[C@H]1O)C(C)C. The molecule has 2 N–H and O–H groups in total. The number of aliphatic hydroxyl groups excluding tert-OH is 2. The van der Waals surface area contributed by atoms with Gasteiger partial charge < -0.3 is 14.9 Å². The minimum Gasteiger partial charge on any atom is -0.392 e. The monoisotopic (exact) mass is 352 g/mol. The summed E-state index contributed by atoms with van der Waals surface area (Å²) in [6, 6.07) is 0. The van der Waals surface area contributed by atoms with E-state index in [9.17, 15) is 9.90 Å². The smallest absolute Gasteiger partial charge is 0.139 e. The van der Waals surface area contributed by atoms with Crippen molar-refractivity contribution in [3.63, 3.8) is 0 Å². The Labute approximate surface area is 153 Å². The highest BCUT2D eigenvalue weighted by atomic mass is 16.5. The molecule has 1 aliphatic rings. The number of rotatable bonds is 9. The molecule has 1 rings (SSSR count). The van der Waals surface area contributed by atoms with Gasteiger partial charge >= 0.3 is 0 Å². The van der Waals surface area contributed by atoms with Crippen molar-refractivity contribution in [1.29, 1.82) is 0 Å². The van der Waals surface area contributed by atoms with Crippen LogP contribution in [0.4, 0.5) is 0 Å². The minimum absolute atomic E-state index is 0.00636. The predicted molar refractivity (Wildman–Crippen MR) is 101 cm³/mol. The van der Waals surface area contributed by atoms with Crippen molar-refractivity contribution in [2.75, 3.05) is 13.2 Å². The van der Waals surface area contributed by atoms with Crippen LogP contribution in [-0.2, 0) is 9.53 Å². The maximum atomic E-state index is 12.3. The van der Waals surface area contributed by atoms with Crippen LogP contribution >= 0.6 is 0 Å². The van der Waals surface area contributed by atoms with Gasteiger partial charge in [-0.1, -0.05) is 39.0 Å². The van der Waals surface area contributed by atoms with E-state index in [0.29, 0.717) is 25.4 Å². The lowest BCUT2D eigenvalue weighted by atomic mass is 9.86. The fraction of sp³-hybridized carbons (Fsp3) is 0.762. The van der Waals surface area contributed by atoms with Crippen LogP contribution in [0.1, 0.15) is 66.2 Å². The van der Waals surface area contributed by atoms with Crippen LogP contribution in [0.15, 0.2) is 23.8 Å². The van der Waals surface area contributed by atoms with Gasteiger partial charge in [-0.3, -0.25) is 4.79 Å². The Bertz CT molecular complexity index is 480. The van der Waals surface area contributed by atoms with Gasteiger partial charge in [0, 0.05) is 12.3 Å². The Morgan fingerprint density at radius 1 is 1.44 bits per heavy atom. The van der Waals surface area contributed by atoms with Crippen molar-refractivity contribution in [3.8, 4) is 0 Å². The number of allylic oxidation sites excluding steroid dienone is 1. The topological polar surface area (TPSA) is 66.8 Å². The number of ether oxygens (including phenoxy) is 1. The molecule has 0 aromatic carbocycles. The van der Waals surface area contributed by atoms with Crippen molar-refractivity contribution in [2.24, 2.45) is 11.8 Å². The first-order valence-corrected chi connectivity index (χ1v) is 9.50. The maximum absolute atomic E-state index is 12.3. The number of aliphatic hydroxyl groups is 2. The van der Waals surface area contributed by atoms with Crippen molar-refractivity contribution in [1.82, 2.24) is 0 Å². The normalized spacial score (nSPS) is 27.3. The number of hydrogen-bond acceptors (Lipinski definition) is 4. The van der Waals surface area contributed by atoms with Crippen LogP contribution < -0.4 is 0 Å². The molecule has 0 spiro atoms. The average Bonchev–Trinajstić information content (AvgIpc) is 2.69. The van der Waals surface area contributed by atoms with Crippen molar-refractivity contribution in [2.45, 2.75) is 77.9 Å². The van der Waals surface area contributed by atoms with Crippen molar-refractivity contribution < 1.29 is 19.7 Å². The molecule has 0 aliphatic carbocycles. The van der Waals surface area contributed by atoms with Gasteiger partial charge in [-0.25, -0.2) is 0 Å². The molecule has 25 heavy (non-hydrogen) atoms. The van der Waals surface area contributed by atoms with Gasteiger partial charge in [0.2, 0.25) is 0 Å². The Balaban J connectivity index is 2.49. The van der Waals surface area contributed by atoms with Crippen LogP contribution in [-0.4, -0.2) is 40.9 Å². The van der Waals surface area contributed by atoms with E-state index in [-0.39, 0.29) is 18.3 Å². The summed E-state index contributed by atoms with van der Waals surface area (Å²) in [6.07, 6.45) is 5.47. The zero-order valence-corrected chi connectivity index (χ0v) is 16.4. The lowest BCUT2D eigenvalue weighted by molar-refractivity contribution is -0.122. The fourth-order valence-corrected chi connectivity index (χ4v) is 3.10. The number of ketones is 1. The Hall–Kier alpha value is -0.970. The predicted octanol–water partition coefficient (Wildman–Crippen LogP) is 3.81. The third-order valence-corrected chi connectivity index (χ3v) is 5.49. The highest BCUT2D eigenvalue weighted by molar-refractivity contribution is 5.82. The lowest BCUT2D eigenvalue weighted by Crippen LogP contribution is -2.41. The zero-order chi connectivity index (χ0) is 19.0. The van der Waals surface area contributed by atoms with Gasteiger partial charge in [-0.15, -0.1) is 0 Å². The third-order valence-electron chi connectivity index (χ3n) is 5.49. The van der Waals surface area contributed by atoms with Crippen molar-refractivity contribution >= 4 is 5.78 Å². The molecule has 144 valence electrons. The van der Waals surface area contributed by atoms with Gasteiger partial charge in [0.25, 0.3) is 0 Å². The summed E-state index contributed by atoms with van der Waals surface area (Å²) < 4.78 is 5.98. The van der Waals surface area contributed by atoms with E-state index in [1.807, 2.05) is 13.8 Å². The molecule has 3 atom stereocenters. The number of carbonyl (C=O) groups excluding carboxylic acids is 1. The summed E-state index contributed by atoms with van der Waals surface area (Å²) in [5.41, 5.74) is 1.45. The molecule has 1 heterocycles. The van der Waals surface area contributed by atoms with Gasteiger partial charge in [0.1, 0.15) is 5.78 Å². The van der Waals surface area contributed by atoms with Gasteiger partial charge in [-0.2, -0.15) is 0 Å². The molecule has 1 saturated heterocycles. The van der Waals surface area contributed by atoms with E-state index in [4.69, 9.17) is 9.84 Å². The molecule has 0 amide bonds. The second kappa shape index (κ2) is 10.2. The van der Waals surface area contributed by atoms with E-state index < -0.39 is 11.7 Å². The molecule has 1 aliphatic heterocycles. The third kappa shape index (κ3) is 7.04. The van der Waals surface area contributed by atoms with E-state index in [1.54, 1.807) is 6.08 Å². The molecular weight excluding hydrogens is 316 g/mol. The van der Waals surface area contributed by atoms with Crippen LogP contribution in [0.5, 0.6) is 0 Å². The molecule has 0 aromatic heterocycles. The zero-order valence-electron chi connectivity index (χ0n) is 16.4. The van der Waals surface area contributed by atoms with Crippen LogP contribution in [0, 0.1) is 11.8 Å². The average molecular weight is 353 g/mol. The number of carbonyl (C=O) groups is 1. The summed E-state index contributed by atoms with van der Waals surface area (Å²) in [6.45, 7) is 12.5. The summed E-state index contributed by atoms with van der Waals surface area (Å²) in [5.74, 6) is 0.594. The maximum Gasteiger partial charge on any atom is 0.139 e. The van der Waals surface area contributed by atoms with Crippen LogP contribution in [0.3, 0.4) is 0 Å². The fourth-order valence-electron chi connectivity index (χ4n) is 3.10. The Kier molecular flexibility index (Phi) is 9.04. The molecule has 2 unspecified atom stereocenters. The Morgan fingerprint density at radius 2 is 2.12 bits per heavy atom. The minimum atomic E-state index is -0.588. The van der Waals surface area contributed by atoms with E-state index >= 15 is 0 Å². The first-order valence-electron chi connectivity index (χ1n) is 9.50. The first-order chi connectivity index (χ1) is 11.7. The van der Waals surface area contributed by atoms with Crippen LogP contribution in [0.2, 0.25) is 0 Å². The number of Topliss-reactive ketones (excluding diaryl/α,β-unsaturated/α-hetero) is 1. The molecule has 4 nitrogen and oxygen atoms in total. The highest BCUT2D eigenvalue weighted by Crippen LogP contribution is 2.32. The lowest BCUT2D eigenvalue weighted by Gasteiger charge is -2.33. The van der Waals surface area contributed by atoms with Gasteiger partial charge in [0.15, 0.2) is 0 Å². The molecular formula is C21H36O4. The van der Waals surface area contributed by atoms with Crippen LogP contribution in [0.25, 0.3) is 0 Å². The summed E-state index contributed by atoms with van der Waals surface area (Å²) in [4.78, 5) is 12.3. The molecule has 0 bridgehead atoms. The quantitative estimate of drug-likeness (QED) is 0.619. The molecule has 1 fully saturated rings. The molecule has 0 radical (unpaired) electrons. The second-order valence-electron chi connectivity index (χ2n) is 7.95. The summed E-state index contributed by atoms with van der Waals surface area (Å²) in [5, 5.41) is 19.5. The van der Waals surface area contributed by atoms with Crippen molar-refractivity contribution in [3.05, 3.63) is 23.8 Å². The van der Waals surface area contributed by atoms with Gasteiger partial charge in [-0.05, 0) is 50.5 Å². The summed E-state index contributed by atoms with van der Waals surface area (Å²) in [7, 11) is 0. The first kappa shape index (κ1) is 22.1. The van der Waals surface area contributed by atoms with Gasteiger partial charge in [0.05, 0.1) is 24.9 Å². The summed E-state index contributed by atoms with van der Waals surface area (Å²) >= 11 is 0. The Morgan fingerprint density at radius 3 is 2.72 bits per heavy atom. The second-order valence-corrected chi connectivity index (χ2v) is 7.95. The largest absolute Gasteiger partial charge is 0.392 e. The van der Waals surface area contributed by atoms with E-state index in [2.05, 4.69) is 20.4 Å². The standard InChI is InChI=1S/C21H36O4/c1-15(2)17(4)13-19(23)16(3)7-6-11-21(5)20(24)9-8-18(10-12-22)14-25-21/h10,15-16,20,22,24H,4,6-9,11-14H2,1-3,5H3/t16?,20-,21?/m1/s1. The number of hydrogen-bond donors (Lipinski definition) is 2. The van der Waals surface area contributed by atoms with E-state index in [1.165, 1.54) is 0 Å². The highest BCUT2D eigenvalue weighted by Gasteiger charge is 2.36. The van der Waals surface area contributed by atoms with E-state index in [0.717, 1.165) is 36.8 Å². The molecule has 4 heteroatoms. The molecule has 0 aromatic rings.